The van der Waals surface area contributed by atoms with Crippen molar-refractivity contribution in [3.8, 4) is 0 Å². The summed E-state index contributed by atoms with van der Waals surface area (Å²) in [4.78, 5) is 14.6. The largest absolute Gasteiger partial charge is 0.398 e. The van der Waals surface area contributed by atoms with Crippen LogP contribution in [0.1, 0.15) is 16.8 Å². The van der Waals surface area contributed by atoms with Crippen LogP contribution in [0.15, 0.2) is 36.4 Å². The molecule has 4 nitrogen and oxygen atoms in total. The molecule has 1 saturated heterocycles. The first-order valence-electron chi connectivity index (χ1n) is 6.91. The minimum absolute atomic E-state index is 0.0754. The van der Waals surface area contributed by atoms with Gasteiger partial charge in [-0.05, 0) is 42.9 Å². The van der Waals surface area contributed by atoms with Crippen molar-refractivity contribution in [2.45, 2.75) is 12.5 Å². The third-order valence-corrected chi connectivity index (χ3v) is 3.89. The van der Waals surface area contributed by atoms with Crippen molar-refractivity contribution in [1.29, 1.82) is 0 Å². The molecular weight excluding hydrogens is 250 g/mol. The van der Waals surface area contributed by atoms with Gasteiger partial charge in [0.1, 0.15) is 0 Å². The maximum Gasteiger partial charge on any atom is 0.253 e. The highest BCUT2D eigenvalue weighted by atomic mass is 16.1. The Morgan fingerprint density at radius 3 is 2.65 bits per heavy atom. The van der Waals surface area contributed by atoms with Gasteiger partial charge in [-0.3, -0.25) is 4.79 Å². The van der Waals surface area contributed by atoms with Crippen LogP contribution in [0.2, 0.25) is 0 Å². The predicted octanol–water partition coefficient (Wildman–Crippen LogP) is 1.86. The second kappa shape index (κ2) is 5.13. The van der Waals surface area contributed by atoms with E-state index in [1.807, 2.05) is 36.4 Å². The molecule has 0 aromatic heterocycles. The van der Waals surface area contributed by atoms with Crippen LogP contribution in [0.5, 0.6) is 0 Å². The van der Waals surface area contributed by atoms with E-state index in [2.05, 4.69) is 17.3 Å². The van der Waals surface area contributed by atoms with Gasteiger partial charge in [0, 0.05) is 18.3 Å². The van der Waals surface area contributed by atoms with E-state index in [-0.39, 0.29) is 11.9 Å². The highest BCUT2D eigenvalue weighted by Crippen LogP contribution is 2.22. The third kappa shape index (κ3) is 2.47. The fourth-order valence-corrected chi connectivity index (χ4v) is 2.77. The second-order valence-corrected chi connectivity index (χ2v) is 5.51. The standard InChI is InChI=1S/C16H19N3O/c1-19-7-6-13(10-19)18-16(20)14-8-11-4-2-3-5-12(11)9-15(14)17/h2-5,8-9,13H,6-7,10,17H2,1H3,(H,18,20). The van der Waals surface area contributed by atoms with Crippen LogP contribution in [-0.4, -0.2) is 37.0 Å². The lowest BCUT2D eigenvalue weighted by Gasteiger charge is -2.14. The Hall–Kier alpha value is -2.07. The van der Waals surface area contributed by atoms with E-state index in [0.717, 1.165) is 30.3 Å². The molecule has 3 rings (SSSR count). The molecule has 0 spiro atoms. The molecule has 3 N–H and O–H groups in total. The van der Waals surface area contributed by atoms with Crippen molar-refractivity contribution in [2.75, 3.05) is 25.9 Å². The summed E-state index contributed by atoms with van der Waals surface area (Å²) < 4.78 is 0. The van der Waals surface area contributed by atoms with E-state index in [1.54, 1.807) is 0 Å². The van der Waals surface area contributed by atoms with E-state index >= 15 is 0 Å². The predicted molar refractivity (Wildman–Crippen MR) is 81.7 cm³/mol. The number of carbonyl (C=O) groups is 1. The lowest BCUT2D eigenvalue weighted by atomic mass is 10.0. The number of nitrogens with two attached hydrogens (primary N) is 1. The molecule has 1 amide bonds. The summed E-state index contributed by atoms with van der Waals surface area (Å²) in [6, 6.07) is 11.9. The fourth-order valence-electron chi connectivity index (χ4n) is 2.77. The molecule has 0 aliphatic carbocycles. The van der Waals surface area contributed by atoms with Crippen LogP contribution < -0.4 is 11.1 Å². The summed E-state index contributed by atoms with van der Waals surface area (Å²) >= 11 is 0. The zero-order valence-corrected chi connectivity index (χ0v) is 11.6. The van der Waals surface area contributed by atoms with Gasteiger partial charge >= 0.3 is 0 Å². The Labute approximate surface area is 118 Å². The molecular formula is C16H19N3O. The first-order valence-corrected chi connectivity index (χ1v) is 6.91. The molecule has 20 heavy (non-hydrogen) atoms. The summed E-state index contributed by atoms with van der Waals surface area (Å²) in [5, 5.41) is 5.17. The molecule has 1 fully saturated rings. The Morgan fingerprint density at radius 2 is 2.00 bits per heavy atom. The Kier molecular flexibility index (Phi) is 3.32. The van der Waals surface area contributed by atoms with Crippen molar-refractivity contribution in [2.24, 2.45) is 0 Å². The molecule has 1 aliphatic rings. The van der Waals surface area contributed by atoms with Crippen LogP contribution in [0.3, 0.4) is 0 Å². The molecule has 0 bridgehead atoms. The zero-order chi connectivity index (χ0) is 14.1. The van der Waals surface area contributed by atoms with E-state index < -0.39 is 0 Å². The second-order valence-electron chi connectivity index (χ2n) is 5.51. The number of nitrogens with zero attached hydrogens (tertiary/aromatic N) is 1. The monoisotopic (exact) mass is 269 g/mol. The van der Waals surface area contributed by atoms with Gasteiger partial charge in [-0.25, -0.2) is 0 Å². The fraction of sp³-hybridized carbons (Fsp3) is 0.312. The number of rotatable bonds is 2. The van der Waals surface area contributed by atoms with E-state index in [9.17, 15) is 4.79 Å². The molecule has 4 heteroatoms. The molecule has 1 heterocycles. The van der Waals surface area contributed by atoms with Crippen molar-refractivity contribution in [3.63, 3.8) is 0 Å². The number of hydrogen-bond acceptors (Lipinski definition) is 3. The minimum Gasteiger partial charge on any atom is -0.398 e. The van der Waals surface area contributed by atoms with Crippen molar-refractivity contribution in [3.05, 3.63) is 42.0 Å². The molecule has 1 unspecified atom stereocenters. The van der Waals surface area contributed by atoms with Gasteiger partial charge in [-0.1, -0.05) is 24.3 Å². The Morgan fingerprint density at radius 1 is 1.30 bits per heavy atom. The maximum atomic E-state index is 12.4. The highest BCUT2D eigenvalue weighted by molar-refractivity contribution is 6.04. The zero-order valence-electron chi connectivity index (χ0n) is 11.6. The smallest absolute Gasteiger partial charge is 0.253 e. The lowest BCUT2D eigenvalue weighted by molar-refractivity contribution is 0.0939. The number of nitrogens with one attached hydrogen (secondary N) is 1. The topological polar surface area (TPSA) is 58.4 Å². The number of benzene rings is 2. The Bertz CT molecular complexity index is 653. The average molecular weight is 269 g/mol. The van der Waals surface area contributed by atoms with Gasteiger partial charge in [0.15, 0.2) is 0 Å². The molecule has 1 aliphatic heterocycles. The molecule has 0 radical (unpaired) electrons. The first kappa shape index (κ1) is 12.9. The molecule has 2 aromatic carbocycles. The van der Waals surface area contributed by atoms with Gasteiger partial charge in [0.2, 0.25) is 0 Å². The number of amides is 1. The molecule has 1 atom stereocenters. The number of nitrogen functional groups attached to an aromatic ring is 1. The van der Waals surface area contributed by atoms with E-state index in [1.165, 1.54) is 0 Å². The summed E-state index contributed by atoms with van der Waals surface area (Å²) in [6.45, 7) is 1.93. The van der Waals surface area contributed by atoms with Crippen LogP contribution in [0, 0.1) is 0 Å². The lowest BCUT2D eigenvalue weighted by Crippen LogP contribution is -2.36. The number of anilines is 1. The van der Waals surface area contributed by atoms with Crippen LogP contribution >= 0.6 is 0 Å². The van der Waals surface area contributed by atoms with Gasteiger partial charge in [-0.2, -0.15) is 0 Å². The molecule has 104 valence electrons. The highest BCUT2D eigenvalue weighted by Gasteiger charge is 2.22. The number of likely N-dealkylation sites (N-methyl/N-ethyl adjacent to an activating group) is 1. The van der Waals surface area contributed by atoms with Crippen molar-refractivity contribution < 1.29 is 4.79 Å². The molecule has 0 saturated carbocycles. The van der Waals surface area contributed by atoms with Gasteiger partial charge in [0.25, 0.3) is 5.91 Å². The SMILES string of the molecule is CN1CCC(NC(=O)c2cc3ccccc3cc2N)C1. The van der Waals surface area contributed by atoms with Gasteiger partial charge in [-0.15, -0.1) is 0 Å². The number of likely N-dealkylation sites (tertiary alicyclic amines) is 1. The normalized spacial score (nSPS) is 19.4. The summed E-state index contributed by atoms with van der Waals surface area (Å²) in [5.74, 6) is -0.0754. The first-order chi connectivity index (χ1) is 9.63. The Balaban J connectivity index is 1.85. The van der Waals surface area contributed by atoms with Crippen LogP contribution in [0.4, 0.5) is 5.69 Å². The number of fused-ring (bicyclic) bond motifs is 1. The van der Waals surface area contributed by atoms with Crippen molar-refractivity contribution in [1.82, 2.24) is 10.2 Å². The maximum absolute atomic E-state index is 12.4. The number of hydrogen-bond donors (Lipinski definition) is 2. The van der Waals surface area contributed by atoms with Crippen molar-refractivity contribution >= 4 is 22.4 Å². The summed E-state index contributed by atoms with van der Waals surface area (Å²) in [7, 11) is 2.07. The van der Waals surface area contributed by atoms with E-state index in [4.69, 9.17) is 5.73 Å². The minimum atomic E-state index is -0.0754. The molecule has 2 aromatic rings. The van der Waals surface area contributed by atoms with E-state index in [0.29, 0.717) is 11.3 Å². The van der Waals surface area contributed by atoms with Gasteiger partial charge in [0.05, 0.1) is 5.56 Å². The summed E-state index contributed by atoms with van der Waals surface area (Å²) in [6.07, 6.45) is 0.996. The van der Waals surface area contributed by atoms with Crippen LogP contribution in [-0.2, 0) is 0 Å². The van der Waals surface area contributed by atoms with Gasteiger partial charge < -0.3 is 16.0 Å². The van der Waals surface area contributed by atoms with Crippen LogP contribution in [0.25, 0.3) is 10.8 Å². The quantitative estimate of drug-likeness (QED) is 0.818. The summed E-state index contributed by atoms with van der Waals surface area (Å²) in [5.41, 5.74) is 7.12. The average Bonchev–Trinajstić information content (AvgIpc) is 2.83. The number of carbonyl (C=O) groups excluding carboxylic acids is 1. The third-order valence-electron chi connectivity index (χ3n) is 3.89.